The van der Waals surface area contributed by atoms with Crippen molar-refractivity contribution in [2.45, 2.75) is 32.2 Å². The summed E-state index contributed by atoms with van der Waals surface area (Å²) >= 11 is 0. The Morgan fingerprint density at radius 3 is 2.56 bits per heavy atom. The third-order valence-corrected chi connectivity index (χ3v) is 3.67. The van der Waals surface area contributed by atoms with E-state index in [1.807, 2.05) is 6.92 Å². The number of likely N-dealkylation sites (N-methyl/N-ethyl adjacent to an activating group) is 1. The number of rotatable bonds is 4. The Morgan fingerprint density at radius 1 is 1.22 bits per heavy atom. The summed E-state index contributed by atoms with van der Waals surface area (Å²) in [6.07, 6.45) is 1.09. The van der Waals surface area contributed by atoms with Gasteiger partial charge in [-0.05, 0) is 43.5 Å². The van der Waals surface area contributed by atoms with E-state index < -0.39 is 0 Å². The Morgan fingerprint density at radius 2 is 1.94 bits per heavy atom. The van der Waals surface area contributed by atoms with Crippen molar-refractivity contribution in [1.29, 1.82) is 0 Å². The molecule has 2 rings (SSSR count). The fourth-order valence-electron chi connectivity index (χ4n) is 2.73. The second-order valence-electron chi connectivity index (χ2n) is 5.05. The molecule has 0 saturated carbocycles. The molecule has 0 amide bonds. The molecule has 1 aliphatic rings. The zero-order valence-corrected chi connectivity index (χ0v) is 11.4. The van der Waals surface area contributed by atoms with Gasteiger partial charge in [0.1, 0.15) is 5.75 Å². The lowest BCUT2D eigenvalue weighted by atomic mass is 9.88. The smallest absolute Gasteiger partial charge is 0.119 e. The summed E-state index contributed by atoms with van der Waals surface area (Å²) in [6, 6.07) is 8.79. The molecule has 1 fully saturated rings. The summed E-state index contributed by atoms with van der Waals surface area (Å²) in [6.45, 7) is 8.17. The van der Waals surface area contributed by atoms with E-state index in [9.17, 15) is 0 Å². The first kappa shape index (κ1) is 13.4. The molecule has 2 N–H and O–H groups in total. The molecule has 0 radical (unpaired) electrons. The van der Waals surface area contributed by atoms with Crippen LogP contribution >= 0.6 is 0 Å². The van der Waals surface area contributed by atoms with Gasteiger partial charge in [0.05, 0.1) is 6.61 Å². The van der Waals surface area contributed by atoms with E-state index in [1.54, 1.807) is 0 Å². The molecule has 0 spiro atoms. The average Bonchev–Trinajstić information content (AvgIpc) is 2.39. The van der Waals surface area contributed by atoms with Crippen molar-refractivity contribution in [3.05, 3.63) is 29.8 Å². The Balaban J connectivity index is 2.05. The van der Waals surface area contributed by atoms with Crippen molar-refractivity contribution in [2.24, 2.45) is 5.73 Å². The lowest BCUT2D eigenvalue weighted by Gasteiger charge is -2.35. The highest BCUT2D eigenvalue weighted by molar-refractivity contribution is 5.30. The van der Waals surface area contributed by atoms with Crippen LogP contribution in [0.15, 0.2) is 24.3 Å². The van der Waals surface area contributed by atoms with Crippen LogP contribution in [0.5, 0.6) is 5.75 Å². The zero-order chi connectivity index (χ0) is 13.0. The number of likely N-dealkylation sites (tertiary alicyclic amines) is 1. The van der Waals surface area contributed by atoms with Gasteiger partial charge in [0.25, 0.3) is 0 Å². The van der Waals surface area contributed by atoms with E-state index >= 15 is 0 Å². The molecule has 0 aliphatic carbocycles. The van der Waals surface area contributed by atoms with Gasteiger partial charge in [-0.15, -0.1) is 0 Å². The molecule has 18 heavy (non-hydrogen) atoms. The van der Waals surface area contributed by atoms with Crippen LogP contribution < -0.4 is 10.5 Å². The Hall–Kier alpha value is -1.06. The molecular weight excluding hydrogens is 224 g/mol. The van der Waals surface area contributed by atoms with Crippen molar-refractivity contribution in [1.82, 2.24) is 4.90 Å². The van der Waals surface area contributed by atoms with E-state index in [0.717, 1.165) is 38.4 Å². The molecule has 2 atom stereocenters. The second kappa shape index (κ2) is 6.21. The topological polar surface area (TPSA) is 38.5 Å². The zero-order valence-electron chi connectivity index (χ0n) is 11.4. The van der Waals surface area contributed by atoms with Gasteiger partial charge in [-0.25, -0.2) is 0 Å². The van der Waals surface area contributed by atoms with Gasteiger partial charge in [-0.2, -0.15) is 0 Å². The summed E-state index contributed by atoms with van der Waals surface area (Å²) in [5.74, 6) is 1.51. The van der Waals surface area contributed by atoms with Crippen LogP contribution in [0.2, 0.25) is 0 Å². The minimum absolute atomic E-state index is 0.301. The summed E-state index contributed by atoms with van der Waals surface area (Å²) in [5, 5.41) is 0. The largest absolute Gasteiger partial charge is 0.494 e. The first-order chi connectivity index (χ1) is 8.72. The number of ether oxygens (including phenoxy) is 1. The fourth-order valence-corrected chi connectivity index (χ4v) is 2.73. The van der Waals surface area contributed by atoms with Crippen LogP contribution in [0.4, 0.5) is 0 Å². The van der Waals surface area contributed by atoms with Crippen LogP contribution in [0.25, 0.3) is 0 Å². The highest BCUT2D eigenvalue weighted by Crippen LogP contribution is 2.27. The number of piperidine rings is 1. The first-order valence-electron chi connectivity index (χ1n) is 6.93. The molecule has 3 heteroatoms. The molecule has 1 aromatic rings. The number of nitrogens with zero attached hydrogens (tertiary/aromatic N) is 1. The van der Waals surface area contributed by atoms with Gasteiger partial charge < -0.3 is 15.4 Å². The van der Waals surface area contributed by atoms with Crippen LogP contribution in [0.3, 0.4) is 0 Å². The highest BCUT2D eigenvalue weighted by Gasteiger charge is 2.25. The quantitative estimate of drug-likeness (QED) is 0.888. The molecule has 3 nitrogen and oxygen atoms in total. The first-order valence-corrected chi connectivity index (χ1v) is 6.93. The Kier molecular flexibility index (Phi) is 4.61. The second-order valence-corrected chi connectivity index (χ2v) is 5.05. The van der Waals surface area contributed by atoms with Crippen LogP contribution in [0, 0.1) is 0 Å². The van der Waals surface area contributed by atoms with Gasteiger partial charge in [0.2, 0.25) is 0 Å². The summed E-state index contributed by atoms with van der Waals surface area (Å²) in [7, 11) is 0. The molecule has 1 aromatic carbocycles. The molecular formula is C15H24N2O. The van der Waals surface area contributed by atoms with Gasteiger partial charge in [-0.3, -0.25) is 0 Å². The van der Waals surface area contributed by atoms with Crippen molar-refractivity contribution < 1.29 is 4.74 Å². The highest BCUT2D eigenvalue weighted by atomic mass is 16.5. The van der Waals surface area contributed by atoms with E-state index in [-0.39, 0.29) is 0 Å². The van der Waals surface area contributed by atoms with Crippen LogP contribution in [0.1, 0.15) is 31.7 Å². The van der Waals surface area contributed by atoms with Gasteiger partial charge in [0, 0.05) is 19.1 Å². The Bertz CT molecular complexity index is 363. The van der Waals surface area contributed by atoms with E-state index in [1.165, 1.54) is 5.56 Å². The maximum Gasteiger partial charge on any atom is 0.119 e. The predicted molar refractivity (Wildman–Crippen MR) is 75.1 cm³/mol. The Labute approximate surface area is 110 Å². The predicted octanol–water partition coefficient (Wildman–Crippen LogP) is 2.22. The van der Waals surface area contributed by atoms with E-state index in [0.29, 0.717) is 12.0 Å². The summed E-state index contributed by atoms with van der Waals surface area (Å²) < 4.78 is 5.48. The minimum atomic E-state index is 0.301. The molecule has 2 unspecified atom stereocenters. The number of benzene rings is 1. The van der Waals surface area contributed by atoms with Crippen molar-refractivity contribution in [3.8, 4) is 5.75 Å². The number of hydrogen-bond donors (Lipinski definition) is 1. The maximum atomic E-state index is 6.14. The van der Waals surface area contributed by atoms with Gasteiger partial charge in [-0.1, -0.05) is 19.1 Å². The number of nitrogens with two attached hydrogens (primary N) is 1. The average molecular weight is 248 g/mol. The molecule has 0 bridgehead atoms. The van der Waals surface area contributed by atoms with Crippen molar-refractivity contribution in [3.63, 3.8) is 0 Å². The third kappa shape index (κ3) is 3.24. The molecule has 100 valence electrons. The van der Waals surface area contributed by atoms with Gasteiger partial charge in [0.15, 0.2) is 0 Å². The maximum absolute atomic E-state index is 6.14. The van der Waals surface area contributed by atoms with Crippen LogP contribution in [-0.4, -0.2) is 37.2 Å². The molecule has 1 heterocycles. The molecule has 0 aromatic heterocycles. The molecule has 1 aliphatic heterocycles. The van der Waals surface area contributed by atoms with E-state index in [2.05, 4.69) is 36.1 Å². The summed E-state index contributed by atoms with van der Waals surface area (Å²) in [5.41, 5.74) is 7.52. The van der Waals surface area contributed by atoms with E-state index in [4.69, 9.17) is 10.5 Å². The van der Waals surface area contributed by atoms with Gasteiger partial charge >= 0.3 is 0 Å². The lowest BCUT2D eigenvalue weighted by Crippen LogP contribution is -2.45. The number of hydrogen-bond acceptors (Lipinski definition) is 3. The lowest BCUT2D eigenvalue weighted by molar-refractivity contribution is 0.197. The monoisotopic (exact) mass is 248 g/mol. The minimum Gasteiger partial charge on any atom is -0.494 e. The van der Waals surface area contributed by atoms with Crippen LogP contribution in [-0.2, 0) is 0 Å². The van der Waals surface area contributed by atoms with Crippen molar-refractivity contribution >= 4 is 0 Å². The third-order valence-electron chi connectivity index (χ3n) is 3.67. The molecule has 1 saturated heterocycles. The fraction of sp³-hybridized carbons (Fsp3) is 0.600. The SMILES string of the molecule is CCOc1ccc(C2CC(N)CN(CC)C2)cc1. The summed E-state index contributed by atoms with van der Waals surface area (Å²) in [4.78, 5) is 2.44. The normalized spacial score (nSPS) is 25.1. The standard InChI is InChI=1S/C15H24N2O/c1-3-17-10-13(9-14(16)11-17)12-5-7-15(8-6-12)18-4-2/h5-8,13-14H,3-4,9-11,16H2,1-2H3. The van der Waals surface area contributed by atoms with Crippen molar-refractivity contribution in [2.75, 3.05) is 26.2 Å².